The summed E-state index contributed by atoms with van der Waals surface area (Å²) >= 11 is 0. The standard InChI is InChI=1S/C22H31N5O4/c1-16-7-9-18(10-8-16)24-21(30)23-13-17-5-3-11-26(14-17)19(28)6-4-12-27-20(29)15-25(2)22(27)31/h7-10,17H,3-6,11-15H2,1-2H3,(H2,23,24,30). The van der Waals surface area contributed by atoms with E-state index in [1.807, 2.05) is 36.1 Å². The van der Waals surface area contributed by atoms with E-state index in [1.165, 1.54) is 9.80 Å². The van der Waals surface area contributed by atoms with Gasteiger partial charge >= 0.3 is 12.1 Å². The summed E-state index contributed by atoms with van der Waals surface area (Å²) in [6.45, 7) is 4.18. The third kappa shape index (κ3) is 6.19. The van der Waals surface area contributed by atoms with E-state index in [2.05, 4.69) is 10.6 Å². The average molecular weight is 430 g/mol. The summed E-state index contributed by atoms with van der Waals surface area (Å²) in [5, 5.41) is 5.71. The fraction of sp³-hybridized carbons (Fsp3) is 0.545. The molecule has 0 saturated carbocycles. The van der Waals surface area contributed by atoms with Gasteiger partial charge in [-0.15, -0.1) is 0 Å². The van der Waals surface area contributed by atoms with Crippen molar-refractivity contribution in [3.63, 3.8) is 0 Å². The Kier molecular flexibility index (Phi) is 7.49. The second-order valence-electron chi connectivity index (χ2n) is 8.34. The average Bonchev–Trinajstić information content (AvgIpc) is 3.00. The summed E-state index contributed by atoms with van der Waals surface area (Å²) in [6.07, 6.45) is 2.61. The van der Waals surface area contributed by atoms with Crippen molar-refractivity contribution in [2.24, 2.45) is 5.92 Å². The zero-order valence-electron chi connectivity index (χ0n) is 18.2. The van der Waals surface area contributed by atoms with Gasteiger partial charge < -0.3 is 20.4 Å². The highest BCUT2D eigenvalue weighted by Gasteiger charge is 2.33. The van der Waals surface area contributed by atoms with Crippen molar-refractivity contribution in [3.8, 4) is 0 Å². The van der Waals surface area contributed by atoms with E-state index >= 15 is 0 Å². The van der Waals surface area contributed by atoms with Crippen molar-refractivity contribution < 1.29 is 19.2 Å². The molecule has 2 fully saturated rings. The molecule has 2 aliphatic rings. The van der Waals surface area contributed by atoms with Gasteiger partial charge in [0.05, 0.1) is 0 Å². The first kappa shape index (κ1) is 22.6. The van der Waals surface area contributed by atoms with Crippen LogP contribution in [-0.2, 0) is 9.59 Å². The van der Waals surface area contributed by atoms with Crippen molar-refractivity contribution in [1.82, 2.24) is 20.0 Å². The van der Waals surface area contributed by atoms with Gasteiger partial charge in [0.15, 0.2) is 0 Å². The van der Waals surface area contributed by atoms with Gasteiger partial charge in [-0.05, 0) is 44.2 Å². The Balaban J connectivity index is 1.37. The normalized spacial score (nSPS) is 19.0. The Labute approximate surface area is 182 Å². The smallest absolute Gasteiger partial charge is 0.326 e. The van der Waals surface area contributed by atoms with E-state index in [0.717, 1.165) is 24.1 Å². The largest absolute Gasteiger partial charge is 0.342 e. The number of carbonyl (C=O) groups is 4. The van der Waals surface area contributed by atoms with Gasteiger partial charge in [0.2, 0.25) is 11.8 Å². The lowest BCUT2D eigenvalue weighted by Gasteiger charge is -2.33. The molecule has 9 nitrogen and oxygen atoms in total. The van der Waals surface area contributed by atoms with Gasteiger partial charge in [-0.2, -0.15) is 0 Å². The second kappa shape index (κ2) is 10.3. The van der Waals surface area contributed by atoms with Crippen molar-refractivity contribution in [1.29, 1.82) is 0 Å². The number of likely N-dealkylation sites (N-methyl/N-ethyl adjacent to an activating group) is 1. The monoisotopic (exact) mass is 429 g/mol. The Morgan fingerprint density at radius 3 is 2.58 bits per heavy atom. The Bertz CT molecular complexity index is 826. The molecule has 1 aromatic rings. The Morgan fingerprint density at radius 1 is 1.16 bits per heavy atom. The summed E-state index contributed by atoms with van der Waals surface area (Å²) < 4.78 is 0. The molecule has 2 saturated heterocycles. The molecule has 0 spiro atoms. The molecule has 0 aliphatic carbocycles. The number of imide groups is 1. The van der Waals surface area contributed by atoms with Crippen LogP contribution in [0.5, 0.6) is 0 Å². The first-order chi connectivity index (χ1) is 14.8. The summed E-state index contributed by atoms with van der Waals surface area (Å²) in [5.74, 6) is 0.0195. The topological polar surface area (TPSA) is 102 Å². The lowest BCUT2D eigenvalue weighted by molar-refractivity contribution is -0.133. The van der Waals surface area contributed by atoms with Crippen molar-refractivity contribution in [2.45, 2.75) is 32.6 Å². The van der Waals surface area contributed by atoms with Crippen LogP contribution in [0.25, 0.3) is 0 Å². The third-order valence-corrected chi connectivity index (χ3v) is 5.74. The van der Waals surface area contributed by atoms with E-state index in [4.69, 9.17) is 0 Å². The van der Waals surface area contributed by atoms with Gasteiger partial charge in [0.1, 0.15) is 6.54 Å². The van der Waals surface area contributed by atoms with Crippen LogP contribution < -0.4 is 10.6 Å². The number of carbonyl (C=O) groups excluding carboxylic acids is 4. The first-order valence-electron chi connectivity index (χ1n) is 10.8. The summed E-state index contributed by atoms with van der Waals surface area (Å²) in [7, 11) is 1.59. The predicted molar refractivity (Wildman–Crippen MR) is 116 cm³/mol. The van der Waals surface area contributed by atoms with Crippen LogP contribution in [0, 0.1) is 12.8 Å². The Morgan fingerprint density at radius 2 is 1.90 bits per heavy atom. The van der Waals surface area contributed by atoms with Crippen molar-refractivity contribution in [2.75, 3.05) is 45.1 Å². The number of benzene rings is 1. The van der Waals surface area contributed by atoms with Gasteiger partial charge in [0.25, 0.3) is 0 Å². The molecule has 168 valence electrons. The molecule has 1 aromatic carbocycles. The molecule has 3 rings (SSSR count). The molecule has 0 bridgehead atoms. The maximum absolute atomic E-state index is 12.6. The molecule has 2 N–H and O–H groups in total. The fourth-order valence-corrected chi connectivity index (χ4v) is 3.94. The number of hydrogen-bond acceptors (Lipinski definition) is 4. The number of nitrogens with one attached hydrogen (secondary N) is 2. The highest BCUT2D eigenvalue weighted by molar-refractivity contribution is 6.01. The number of likely N-dealkylation sites (tertiary alicyclic amines) is 1. The summed E-state index contributed by atoms with van der Waals surface area (Å²) in [5.41, 5.74) is 1.87. The van der Waals surface area contributed by atoms with E-state index in [9.17, 15) is 19.2 Å². The molecule has 0 radical (unpaired) electrons. The number of nitrogens with zero attached hydrogens (tertiary/aromatic N) is 3. The van der Waals surface area contributed by atoms with Gasteiger partial charge in [-0.25, -0.2) is 9.59 Å². The van der Waals surface area contributed by atoms with Crippen molar-refractivity contribution in [3.05, 3.63) is 29.8 Å². The highest BCUT2D eigenvalue weighted by Crippen LogP contribution is 2.18. The summed E-state index contributed by atoms with van der Waals surface area (Å²) in [6, 6.07) is 7.04. The number of anilines is 1. The van der Waals surface area contributed by atoms with Crippen LogP contribution in [0.15, 0.2) is 24.3 Å². The van der Waals surface area contributed by atoms with Gasteiger partial charge in [-0.3, -0.25) is 14.5 Å². The molecular formula is C22H31N5O4. The lowest BCUT2D eigenvalue weighted by atomic mass is 9.97. The van der Waals surface area contributed by atoms with Crippen LogP contribution >= 0.6 is 0 Å². The number of rotatable bonds is 7. The Hall–Kier alpha value is -3.10. The first-order valence-corrected chi connectivity index (χ1v) is 10.8. The molecule has 2 aliphatic heterocycles. The van der Waals surface area contributed by atoms with Crippen LogP contribution in [-0.4, -0.2) is 78.3 Å². The number of piperidine rings is 1. The van der Waals surface area contributed by atoms with Crippen molar-refractivity contribution >= 4 is 29.6 Å². The molecule has 31 heavy (non-hydrogen) atoms. The fourth-order valence-electron chi connectivity index (χ4n) is 3.94. The second-order valence-corrected chi connectivity index (χ2v) is 8.34. The minimum Gasteiger partial charge on any atom is -0.342 e. The van der Waals surface area contributed by atoms with Gasteiger partial charge in [0, 0.05) is 45.3 Å². The minimum absolute atomic E-state index is 0.0289. The van der Waals surface area contributed by atoms with E-state index < -0.39 is 0 Å². The molecule has 2 heterocycles. The van der Waals surface area contributed by atoms with Crippen LogP contribution in [0.4, 0.5) is 15.3 Å². The maximum atomic E-state index is 12.6. The third-order valence-electron chi connectivity index (χ3n) is 5.74. The van der Waals surface area contributed by atoms with Gasteiger partial charge in [-0.1, -0.05) is 17.7 Å². The highest BCUT2D eigenvalue weighted by atomic mass is 16.2. The predicted octanol–water partition coefficient (Wildman–Crippen LogP) is 2.03. The van der Waals surface area contributed by atoms with E-state index in [1.54, 1.807) is 7.05 Å². The number of aryl methyl sites for hydroxylation is 1. The molecular weight excluding hydrogens is 398 g/mol. The van der Waals surface area contributed by atoms with E-state index in [0.29, 0.717) is 32.5 Å². The lowest BCUT2D eigenvalue weighted by Crippen LogP contribution is -2.44. The van der Waals surface area contributed by atoms with Crippen LogP contribution in [0.3, 0.4) is 0 Å². The summed E-state index contributed by atoms with van der Waals surface area (Å²) in [4.78, 5) is 52.8. The zero-order chi connectivity index (χ0) is 22.4. The van der Waals surface area contributed by atoms with Crippen LogP contribution in [0.2, 0.25) is 0 Å². The molecule has 1 unspecified atom stereocenters. The molecule has 9 heteroatoms. The quantitative estimate of drug-likeness (QED) is 0.648. The van der Waals surface area contributed by atoms with Crippen LogP contribution in [0.1, 0.15) is 31.2 Å². The number of hydrogen-bond donors (Lipinski definition) is 2. The molecule has 0 aromatic heterocycles. The molecule has 1 atom stereocenters. The molecule has 6 amide bonds. The zero-order valence-corrected chi connectivity index (χ0v) is 18.2. The number of amides is 6. The SMILES string of the molecule is Cc1ccc(NC(=O)NCC2CCCN(C(=O)CCCN3C(=O)CN(C)C3=O)C2)cc1. The van der Waals surface area contributed by atoms with E-state index in [-0.39, 0.29) is 42.9 Å². The number of urea groups is 2. The minimum atomic E-state index is -0.300. The maximum Gasteiger partial charge on any atom is 0.326 e.